The summed E-state index contributed by atoms with van der Waals surface area (Å²) in [5.41, 5.74) is 32.3. The van der Waals surface area contributed by atoms with E-state index >= 15 is 0 Å². The summed E-state index contributed by atoms with van der Waals surface area (Å²) in [7, 11) is 0. The summed E-state index contributed by atoms with van der Waals surface area (Å²) < 4.78 is 0. The minimum absolute atomic E-state index is 0.0918. The van der Waals surface area contributed by atoms with Crippen molar-refractivity contribution < 1.29 is 0 Å². The Kier molecular flexibility index (Phi) is 10.9. The molecule has 0 aliphatic heterocycles. The van der Waals surface area contributed by atoms with Gasteiger partial charge in [-0.25, -0.2) is 0 Å². The Bertz CT molecular complexity index is 4400. The van der Waals surface area contributed by atoms with Crippen LogP contribution in [0, 0.1) is 0 Å². The third-order valence-corrected chi connectivity index (χ3v) is 20.2. The van der Waals surface area contributed by atoms with Crippen molar-refractivity contribution in [2.75, 3.05) is 0 Å². The number of benzene rings is 12. The van der Waals surface area contributed by atoms with Gasteiger partial charge >= 0.3 is 0 Å². The Hall–Kier alpha value is -8.32. The predicted octanol–water partition coefficient (Wildman–Crippen LogP) is 22.1. The van der Waals surface area contributed by atoms with Crippen LogP contribution in [0.15, 0.2) is 194 Å². The first-order valence-corrected chi connectivity index (χ1v) is 30.1. The summed E-state index contributed by atoms with van der Waals surface area (Å²) in [6.45, 7) is 23.8. The highest BCUT2D eigenvalue weighted by Gasteiger charge is 2.39. The first-order chi connectivity index (χ1) is 39.3. The molecule has 0 bridgehead atoms. The molecule has 0 N–H and O–H groups in total. The van der Waals surface area contributed by atoms with Gasteiger partial charge in [-0.3, -0.25) is 0 Å². The zero-order valence-electron chi connectivity index (χ0n) is 48.8. The number of rotatable bonds is 8. The largest absolute Gasteiger partial charge is 0.0619 e. The zero-order chi connectivity index (χ0) is 55.4. The van der Waals surface area contributed by atoms with Crippen LogP contribution in [0.5, 0.6) is 0 Å². The molecule has 81 heavy (non-hydrogen) atoms. The molecule has 0 fully saturated rings. The first-order valence-electron chi connectivity index (χ1n) is 30.1. The van der Waals surface area contributed by atoms with Crippen molar-refractivity contribution in [3.05, 3.63) is 250 Å². The van der Waals surface area contributed by atoms with E-state index in [9.17, 15) is 0 Å². The quantitative estimate of drug-likeness (QED) is 0.133. The molecule has 394 valence electrons. The average Bonchev–Trinajstić information content (AvgIpc) is 4.20. The highest BCUT2D eigenvalue weighted by Crippen LogP contribution is 2.56. The molecule has 0 heterocycles. The van der Waals surface area contributed by atoms with E-state index in [0.29, 0.717) is 0 Å². The molecule has 15 rings (SSSR count). The number of aryl methyl sites for hydroxylation is 4. The highest BCUT2D eigenvalue weighted by atomic mass is 14.4. The van der Waals surface area contributed by atoms with Gasteiger partial charge < -0.3 is 0 Å². The second-order valence-electron chi connectivity index (χ2n) is 25.3. The molecule has 0 spiro atoms. The molecular formula is C81H70. The van der Waals surface area contributed by atoms with Gasteiger partial charge in [-0.15, -0.1) is 0 Å². The van der Waals surface area contributed by atoms with Crippen molar-refractivity contribution in [3.8, 4) is 77.9 Å². The lowest BCUT2D eigenvalue weighted by atomic mass is 9.78. The van der Waals surface area contributed by atoms with E-state index in [1.165, 1.54) is 177 Å². The van der Waals surface area contributed by atoms with Gasteiger partial charge in [0, 0.05) is 16.2 Å². The fraction of sp³-hybridized carbons (Fsp3) is 0.210. The average molecular weight is 1040 g/mol. The fourth-order valence-corrected chi connectivity index (χ4v) is 16.0. The first kappa shape index (κ1) is 49.7. The lowest BCUT2D eigenvalue weighted by Gasteiger charge is -2.25. The smallest absolute Gasteiger partial charge is 0.0159 e. The summed E-state index contributed by atoms with van der Waals surface area (Å²) in [5.74, 6) is 0. The van der Waals surface area contributed by atoms with E-state index in [0.717, 1.165) is 25.7 Å². The molecule has 0 radical (unpaired) electrons. The van der Waals surface area contributed by atoms with E-state index in [2.05, 4.69) is 263 Å². The van der Waals surface area contributed by atoms with Crippen molar-refractivity contribution in [1.82, 2.24) is 0 Å². The normalized spacial score (nSPS) is 14.8. The molecule has 0 aromatic heterocycles. The van der Waals surface area contributed by atoms with Gasteiger partial charge in [0.05, 0.1) is 0 Å². The molecule has 12 aromatic rings. The number of fused-ring (bicyclic) bond motifs is 13. The molecule has 0 amide bonds. The second-order valence-corrected chi connectivity index (χ2v) is 25.3. The number of hydrogen-bond donors (Lipinski definition) is 0. The molecule has 12 aromatic carbocycles. The molecule has 3 aliphatic rings. The lowest BCUT2D eigenvalue weighted by molar-refractivity contribution is 0.660. The van der Waals surface area contributed by atoms with Crippen molar-refractivity contribution in [2.24, 2.45) is 0 Å². The Morgan fingerprint density at radius 3 is 0.704 bits per heavy atom. The second kappa shape index (κ2) is 17.8. The Morgan fingerprint density at radius 2 is 0.444 bits per heavy atom. The molecule has 0 saturated carbocycles. The number of hydrogen-bond acceptors (Lipinski definition) is 0. The van der Waals surface area contributed by atoms with Crippen LogP contribution in [-0.4, -0.2) is 0 Å². The standard InChI is InChI=1S/C81H70/c1-11-47-39-65-67(41-49(47)13-3)77(63-27-17-15-25-61(63)75(65)51-31-35-57-55-23-19-21-29-69(55)79(5,6)71(57)43-51)53-33-37-59-60-38-34-54(46-74(60)81(9,10)73(59)45-53)78-64-28-18-16-26-62(64)76(66-40-48(12-2)50(14-4)42-68(66)78)52-32-36-58-56-24-20-22-30-70(56)80(7,8)72(58)44-52/h15-46H,11-14H2,1-10H3. The lowest BCUT2D eigenvalue weighted by Crippen LogP contribution is -2.15. The fourth-order valence-electron chi connectivity index (χ4n) is 16.0. The van der Waals surface area contributed by atoms with E-state index in [1.54, 1.807) is 0 Å². The minimum atomic E-state index is -0.259. The third kappa shape index (κ3) is 6.96. The van der Waals surface area contributed by atoms with Gasteiger partial charge in [0.15, 0.2) is 0 Å². The van der Waals surface area contributed by atoms with Gasteiger partial charge in [-0.2, -0.15) is 0 Å². The van der Waals surface area contributed by atoms with Crippen LogP contribution < -0.4 is 0 Å². The van der Waals surface area contributed by atoms with E-state index in [4.69, 9.17) is 0 Å². The Morgan fingerprint density at radius 1 is 0.222 bits per heavy atom. The third-order valence-electron chi connectivity index (χ3n) is 20.2. The predicted molar refractivity (Wildman–Crippen MR) is 348 cm³/mol. The van der Waals surface area contributed by atoms with Crippen LogP contribution >= 0.6 is 0 Å². The molecular weight excluding hydrogens is 973 g/mol. The minimum Gasteiger partial charge on any atom is -0.0619 e. The molecule has 0 unspecified atom stereocenters. The molecule has 0 atom stereocenters. The van der Waals surface area contributed by atoms with Gasteiger partial charge in [0.1, 0.15) is 0 Å². The zero-order valence-corrected chi connectivity index (χ0v) is 48.8. The molecule has 0 heteroatoms. The summed E-state index contributed by atoms with van der Waals surface area (Å²) in [6, 6.07) is 76.3. The maximum absolute atomic E-state index is 2.57. The van der Waals surface area contributed by atoms with Crippen LogP contribution in [0.3, 0.4) is 0 Å². The Labute approximate surface area is 479 Å². The van der Waals surface area contributed by atoms with Gasteiger partial charge in [0.25, 0.3) is 0 Å². The maximum Gasteiger partial charge on any atom is 0.0159 e. The highest BCUT2D eigenvalue weighted by molar-refractivity contribution is 6.23. The SMILES string of the molecule is CCc1cc2c(-c3ccc4c(c3)C(C)(C)c3ccccc3-4)c3ccccc3c(-c3ccc4c(c3)C(C)(C)c3cc(-c5c6ccccc6c(-c6ccc7c(c6)C(C)(C)c6ccccc6-7)c6cc(CC)c(CC)cc56)ccc3-4)c2cc1CC. The van der Waals surface area contributed by atoms with Crippen LogP contribution in [0.2, 0.25) is 0 Å². The van der Waals surface area contributed by atoms with E-state index in [-0.39, 0.29) is 16.2 Å². The van der Waals surface area contributed by atoms with Gasteiger partial charge in [-0.1, -0.05) is 239 Å². The van der Waals surface area contributed by atoms with Crippen molar-refractivity contribution >= 4 is 43.1 Å². The van der Waals surface area contributed by atoms with Crippen molar-refractivity contribution in [2.45, 2.75) is 111 Å². The van der Waals surface area contributed by atoms with Crippen LogP contribution in [0.4, 0.5) is 0 Å². The summed E-state index contributed by atoms with van der Waals surface area (Å²) in [5, 5.41) is 10.6. The summed E-state index contributed by atoms with van der Waals surface area (Å²) in [4.78, 5) is 0. The van der Waals surface area contributed by atoms with Crippen LogP contribution in [-0.2, 0) is 41.9 Å². The van der Waals surface area contributed by atoms with Gasteiger partial charge in [0.2, 0.25) is 0 Å². The Balaban J connectivity index is 0.901. The monoisotopic (exact) mass is 1040 g/mol. The van der Waals surface area contributed by atoms with Crippen LogP contribution in [0.1, 0.15) is 125 Å². The molecule has 0 saturated heterocycles. The topological polar surface area (TPSA) is 0 Å². The van der Waals surface area contributed by atoms with Gasteiger partial charge in [-0.05, 0) is 227 Å². The van der Waals surface area contributed by atoms with Crippen molar-refractivity contribution in [1.29, 1.82) is 0 Å². The van der Waals surface area contributed by atoms with E-state index < -0.39 is 0 Å². The maximum atomic E-state index is 2.57. The molecule has 3 aliphatic carbocycles. The van der Waals surface area contributed by atoms with Crippen LogP contribution in [0.25, 0.3) is 121 Å². The summed E-state index contributed by atoms with van der Waals surface area (Å²) in [6.07, 6.45) is 3.99. The van der Waals surface area contributed by atoms with Crippen molar-refractivity contribution in [3.63, 3.8) is 0 Å². The van der Waals surface area contributed by atoms with E-state index in [1.807, 2.05) is 0 Å². The summed E-state index contributed by atoms with van der Waals surface area (Å²) >= 11 is 0. The molecule has 0 nitrogen and oxygen atoms in total.